The number of ketones is 1. The van der Waals surface area contributed by atoms with Crippen LogP contribution >= 0.6 is 0 Å². The molecule has 0 spiro atoms. The molecular weight excluding hydrogens is 328 g/mol. The number of hydrogen-bond donors (Lipinski definition) is 0. The maximum atomic E-state index is 13.3. The van der Waals surface area contributed by atoms with Crippen molar-refractivity contribution < 1.29 is 14.4 Å². The summed E-state index contributed by atoms with van der Waals surface area (Å²) in [5.74, 6) is -0.320. The molecular formula is C21H30N2O3. The van der Waals surface area contributed by atoms with E-state index in [0.29, 0.717) is 12.0 Å². The van der Waals surface area contributed by atoms with Crippen LogP contribution in [-0.4, -0.2) is 54.1 Å². The van der Waals surface area contributed by atoms with E-state index in [-0.39, 0.29) is 24.2 Å². The number of Topliss-reactive ketones (excluding diaryl/α,β-unsaturated/α-hetero) is 1. The molecule has 1 fully saturated rings. The molecule has 1 aliphatic rings. The predicted octanol–water partition coefficient (Wildman–Crippen LogP) is 3.06. The molecule has 1 aromatic rings. The Labute approximate surface area is 156 Å². The fourth-order valence-corrected chi connectivity index (χ4v) is 3.91. The number of imide groups is 1. The molecule has 142 valence electrons. The molecule has 1 aliphatic carbocycles. The topological polar surface area (TPSA) is 57.7 Å². The first-order valence-electron chi connectivity index (χ1n) is 9.34. The number of likely N-dealkylation sites (N-methyl/N-ethyl adjacent to an activating group) is 1. The third kappa shape index (κ3) is 4.21. The zero-order valence-electron chi connectivity index (χ0n) is 16.3. The summed E-state index contributed by atoms with van der Waals surface area (Å²) in [4.78, 5) is 40.5. The Bertz CT molecular complexity index is 665. The summed E-state index contributed by atoms with van der Waals surface area (Å²) in [7, 11) is 3.75. The van der Waals surface area contributed by atoms with E-state index in [1.807, 2.05) is 45.0 Å². The molecule has 5 heteroatoms. The number of carbonyl (C=O) groups is 3. The molecule has 5 nitrogen and oxygen atoms in total. The number of nitrogens with zero attached hydrogens (tertiary/aromatic N) is 2. The average molecular weight is 358 g/mol. The van der Waals surface area contributed by atoms with Gasteiger partial charge in [0.15, 0.2) is 5.78 Å². The van der Waals surface area contributed by atoms with Crippen molar-refractivity contribution in [2.45, 2.75) is 51.5 Å². The molecule has 26 heavy (non-hydrogen) atoms. The standard InChI is InChI=1S/C21H30N2O3/c1-16-9-8-10-17(13-16)19(25)14-23(15-24)20(26)21(2,22(3)4)18-11-6-5-7-12-18/h8-10,13,15,18H,5-7,11-12,14H2,1-4H3. The number of aryl methyl sites for hydroxylation is 1. The van der Waals surface area contributed by atoms with Gasteiger partial charge < -0.3 is 0 Å². The minimum absolute atomic E-state index is 0.190. The van der Waals surface area contributed by atoms with Crippen molar-refractivity contribution in [3.8, 4) is 0 Å². The van der Waals surface area contributed by atoms with Crippen LogP contribution < -0.4 is 0 Å². The van der Waals surface area contributed by atoms with Crippen molar-refractivity contribution in [3.05, 3.63) is 35.4 Å². The average Bonchev–Trinajstić information content (AvgIpc) is 2.65. The van der Waals surface area contributed by atoms with Crippen LogP contribution in [0.15, 0.2) is 24.3 Å². The number of rotatable bonds is 7. The minimum atomic E-state index is -0.784. The highest BCUT2D eigenvalue weighted by molar-refractivity contribution is 6.03. The van der Waals surface area contributed by atoms with Gasteiger partial charge in [0.25, 0.3) is 0 Å². The highest BCUT2D eigenvalue weighted by Gasteiger charge is 2.46. The molecule has 0 N–H and O–H groups in total. The van der Waals surface area contributed by atoms with E-state index in [0.717, 1.165) is 36.1 Å². The van der Waals surface area contributed by atoms with Gasteiger partial charge in [-0.2, -0.15) is 0 Å². The molecule has 0 bridgehead atoms. The molecule has 0 radical (unpaired) electrons. The summed E-state index contributed by atoms with van der Waals surface area (Å²) >= 11 is 0. The van der Waals surface area contributed by atoms with E-state index in [1.165, 1.54) is 6.42 Å². The lowest BCUT2D eigenvalue weighted by molar-refractivity contribution is -0.149. The second-order valence-corrected chi connectivity index (χ2v) is 7.71. The monoisotopic (exact) mass is 358 g/mol. The lowest BCUT2D eigenvalue weighted by atomic mass is 9.74. The quantitative estimate of drug-likeness (QED) is 0.555. The lowest BCUT2D eigenvalue weighted by Crippen LogP contribution is -2.60. The molecule has 1 aromatic carbocycles. The van der Waals surface area contributed by atoms with Gasteiger partial charge in [0, 0.05) is 5.56 Å². The second-order valence-electron chi connectivity index (χ2n) is 7.71. The van der Waals surface area contributed by atoms with Crippen LogP contribution in [0.25, 0.3) is 0 Å². The Balaban J connectivity index is 2.21. The van der Waals surface area contributed by atoms with Crippen molar-refractivity contribution in [1.82, 2.24) is 9.80 Å². The summed E-state index contributed by atoms with van der Waals surface area (Å²) in [6, 6.07) is 7.21. The molecule has 2 amide bonds. The fourth-order valence-electron chi connectivity index (χ4n) is 3.91. The fraction of sp³-hybridized carbons (Fsp3) is 0.571. The van der Waals surface area contributed by atoms with Crippen molar-refractivity contribution in [1.29, 1.82) is 0 Å². The smallest absolute Gasteiger partial charge is 0.249 e. The summed E-state index contributed by atoms with van der Waals surface area (Å²) in [5, 5.41) is 0. The van der Waals surface area contributed by atoms with Crippen LogP contribution in [0.3, 0.4) is 0 Å². The number of carbonyl (C=O) groups excluding carboxylic acids is 3. The highest BCUT2D eigenvalue weighted by Crippen LogP contribution is 2.36. The largest absolute Gasteiger partial charge is 0.296 e. The van der Waals surface area contributed by atoms with Gasteiger partial charge in [-0.3, -0.25) is 24.2 Å². The summed E-state index contributed by atoms with van der Waals surface area (Å²) in [6.45, 7) is 3.59. The summed E-state index contributed by atoms with van der Waals surface area (Å²) in [6.07, 6.45) is 5.84. The van der Waals surface area contributed by atoms with Crippen LogP contribution in [0.4, 0.5) is 0 Å². The van der Waals surface area contributed by atoms with Crippen LogP contribution in [0, 0.1) is 12.8 Å². The van der Waals surface area contributed by atoms with Crippen molar-refractivity contribution in [3.63, 3.8) is 0 Å². The second kappa shape index (κ2) is 8.58. The Morgan fingerprint density at radius 2 is 1.85 bits per heavy atom. The SMILES string of the molecule is Cc1cccc(C(=O)CN(C=O)C(=O)C(C)(C2CCCCC2)N(C)C)c1. The Hall–Kier alpha value is -2.01. The molecule has 0 saturated heterocycles. The van der Waals surface area contributed by atoms with E-state index in [1.54, 1.807) is 12.1 Å². The van der Waals surface area contributed by atoms with Gasteiger partial charge in [-0.05, 0) is 52.8 Å². The van der Waals surface area contributed by atoms with Crippen LogP contribution in [-0.2, 0) is 9.59 Å². The van der Waals surface area contributed by atoms with E-state index >= 15 is 0 Å². The van der Waals surface area contributed by atoms with E-state index < -0.39 is 5.54 Å². The zero-order valence-corrected chi connectivity index (χ0v) is 16.3. The Morgan fingerprint density at radius 1 is 1.19 bits per heavy atom. The first-order chi connectivity index (χ1) is 12.3. The van der Waals surface area contributed by atoms with E-state index in [4.69, 9.17) is 0 Å². The third-order valence-corrected chi connectivity index (χ3v) is 5.80. The van der Waals surface area contributed by atoms with Gasteiger partial charge in [-0.25, -0.2) is 0 Å². The third-order valence-electron chi connectivity index (χ3n) is 5.80. The van der Waals surface area contributed by atoms with Crippen LogP contribution in [0.1, 0.15) is 54.9 Å². The van der Waals surface area contributed by atoms with E-state index in [9.17, 15) is 14.4 Å². The van der Waals surface area contributed by atoms with Gasteiger partial charge >= 0.3 is 0 Å². The molecule has 1 atom stereocenters. The van der Waals surface area contributed by atoms with Gasteiger partial charge in [-0.1, -0.05) is 43.0 Å². The first-order valence-corrected chi connectivity index (χ1v) is 9.34. The zero-order chi connectivity index (χ0) is 19.3. The molecule has 1 saturated carbocycles. The number of hydrogen-bond acceptors (Lipinski definition) is 4. The highest BCUT2D eigenvalue weighted by atomic mass is 16.2. The molecule has 0 aromatic heterocycles. The lowest BCUT2D eigenvalue weighted by Gasteiger charge is -2.44. The molecule has 0 aliphatic heterocycles. The predicted molar refractivity (Wildman–Crippen MR) is 102 cm³/mol. The number of benzene rings is 1. The van der Waals surface area contributed by atoms with Gasteiger partial charge in [0.05, 0.1) is 6.54 Å². The minimum Gasteiger partial charge on any atom is -0.296 e. The van der Waals surface area contributed by atoms with Crippen molar-refractivity contribution in [2.75, 3.05) is 20.6 Å². The normalized spacial score (nSPS) is 17.6. The van der Waals surface area contributed by atoms with Crippen LogP contribution in [0.2, 0.25) is 0 Å². The van der Waals surface area contributed by atoms with Gasteiger partial charge in [0.2, 0.25) is 12.3 Å². The van der Waals surface area contributed by atoms with Gasteiger partial charge in [-0.15, -0.1) is 0 Å². The van der Waals surface area contributed by atoms with Crippen molar-refractivity contribution >= 4 is 18.1 Å². The molecule has 2 rings (SSSR count). The first kappa shape index (κ1) is 20.3. The molecule has 1 unspecified atom stereocenters. The molecule has 0 heterocycles. The summed E-state index contributed by atoms with van der Waals surface area (Å²) in [5.41, 5.74) is 0.711. The Kier molecular flexibility index (Phi) is 6.70. The van der Waals surface area contributed by atoms with E-state index in [2.05, 4.69) is 0 Å². The Morgan fingerprint density at radius 3 is 2.38 bits per heavy atom. The van der Waals surface area contributed by atoms with Crippen LogP contribution in [0.5, 0.6) is 0 Å². The van der Waals surface area contributed by atoms with Crippen molar-refractivity contribution in [2.24, 2.45) is 5.92 Å². The van der Waals surface area contributed by atoms with Gasteiger partial charge in [0.1, 0.15) is 5.54 Å². The summed E-state index contributed by atoms with van der Waals surface area (Å²) < 4.78 is 0. The number of amides is 2. The maximum Gasteiger partial charge on any atom is 0.249 e. The maximum absolute atomic E-state index is 13.3.